The predicted octanol–water partition coefficient (Wildman–Crippen LogP) is 5.23. The molecular weight excluding hydrogens is 470 g/mol. The number of aromatic nitrogens is 4. The minimum Gasteiger partial charge on any atom is -0.301 e. The number of hydrogen-bond acceptors (Lipinski definition) is 6. The van der Waals surface area contributed by atoms with Gasteiger partial charge in [0.15, 0.2) is 16.1 Å². The predicted molar refractivity (Wildman–Crippen MR) is 122 cm³/mol. The van der Waals surface area contributed by atoms with Crippen molar-refractivity contribution in [1.82, 2.24) is 19.7 Å². The summed E-state index contributed by atoms with van der Waals surface area (Å²) in [6, 6.07) is 15.7. The SMILES string of the molecule is C=CCn1c(SCC(=O)Nc2nc3ccccc3s2)nnc1-c1ccc(Br)cc1. The normalized spacial score (nSPS) is 10.9. The number of para-hydroxylation sites is 1. The van der Waals surface area contributed by atoms with E-state index in [-0.39, 0.29) is 11.7 Å². The Morgan fingerprint density at radius 3 is 2.76 bits per heavy atom. The first-order valence-electron chi connectivity index (χ1n) is 8.72. The van der Waals surface area contributed by atoms with Crippen molar-refractivity contribution in [3.05, 3.63) is 65.7 Å². The average Bonchev–Trinajstić information content (AvgIpc) is 3.31. The van der Waals surface area contributed by atoms with Gasteiger partial charge in [-0.05, 0) is 24.3 Å². The van der Waals surface area contributed by atoms with Crippen LogP contribution in [0.1, 0.15) is 0 Å². The van der Waals surface area contributed by atoms with Crippen molar-refractivity contribution in [3.63, 3.8) is 0 Å². The summed E-state index contributed by atoms with van der Waals surface area (Å²) >= 11 is 6.24. The van der Waals surface area contributed by atoms with Crippen LogP contribution in [-0.2, 0) is 11.3 Å². The fourth-order valence-electron chi connectivity index (χ4n) is 2.71. The van der Waals surface area contributed by atoms with E-state index in [9.17, 15) is 4.79 Å². The molecule has 0 aliphatic carbocycles. The van der Waals surface area contributed by atoms with Crippen LogP contribution in [0.4, 0.5) is 5.13 Å². The number of thioether (sulfide) groups is 1. The third-order valence-electron chi connectivity index (χ3n) is 4.00. The monoisotopic (exact) mass is 485 g/mol. The van der Waals surface area contributed by atoms with E-state index in [1.807, 2.05) is 53.1 Å². The van der Waals surface area contributed by atoms with Crippen molar-refractivity contribution in [2.24, 2.45) is 0 Å². The average molecular weight is 486 g/mol. The Morgan fingerprint density at radius 1 is 1.21 bits per heavy atom. The van der Waals surface area contributed by atoms with Crippen molar-refractivity contribution in [1.29, 1.82) is 0 Å². The summed E-state index contributed by atoms with van der Waals surface area (Å²) in [4.78, 5) is 16.8. The third kappa shape index (κ3) is 4.58. The summed E-state index contributed by atoms with van der Waals surface area (Å²) in [5.74, 6) is 0.824. The van der Waals surface area contributed by atoms with Gasteiger partial charge < -0.3 is 5.32 Å². The van der Waals surface area contributed by atoms with Gasteiger partial charge in [-0.25, -0.2) is 4.98 Å². The highest BCUT2D eigenvalue weighted by Gasteiger charge is 2.15. The van der Waals surface area contributed by atoms with Gasteiger partial charge >= 0.3 is 0 Å². The van der Waals surface area contributed by atoms with E-state index in [0.29, 0.717) is 16.8 Å². The second-order valence-electron chi connectivity index (χ2n) is 6.04. The number of halogens is 1. The number of rotatable bonds is 7. The van der Waals surface area contributed by atoms with Crippen LogP contribution in [0.15, 0.2) is 70.8 Å². The fourth-order valence-corrected chi connectivity index (χ4v) is 4.61. The molecule has 29 heavy (non-hydrogen) atoms. The molecule has 2 aromatic carbocycles. The summed E-state index contributed by atoms with van der Waals surface area (Å²) in [7, 11) is 0. The Kier molecular flexibility index (Phi) is 6.08. The summed E-state index contributed by atoms with van der Waals surface area (Å²) in [6.45, 7) is 4.37. The van der Waals surface area contributed by atoms with Gasteiger partial charge in [0.2, 0.25) is 5.91 Å². The maximum atomic E-state index is 12.4. The van der Waals surface area contributed by atoms with Crippen molar-refractivity contribution in [3.8, 4) is 11.4 Å². The minimum absolute atomic E-state index is 0.132. The van der Waals surface area contributed by atoms with Gasteiger partial charge in [0.1, 0.15) is 0 Å². The van der Waals surface area contributed by atoms with Crippen molar-refractivity contribution >= 4 is 60.3 Å². The molecule has 0 fully saturated rings. The lowest BCUT2D eigenvalue weighted by Gasteiger charge is -2.07. The molecule has 0 aliphatic rings. The first-order chi connectivity index (χ1) is 14.1. The quantitative estimate of drug-likeness (QED) is 0.286. The molecule has 4 aromatic rings. The largest absolute Gasteiger partial charge is 0.301 e. The highest BCUT2D eigenvalue weighted by Crippen LogP contribution is 2.27. The van der Waals surface area contributed by atoms with Crippen LogP contribution in [0, 0.1) is 0 Å². The highest BCUT2D eigenvalue weighted by atomic mass is 79.9. The van der Waals surface area contributed by atoms with Gasteiger partial charge in [0.25, 0.3) is 0 Å². The summed E-state index contributed by atoms with van der Waals surface area (Å²) < 4.78 is 3.99. The van der Waals surface area contributed by atoms with E-state index in [2.05, 4.69) is 43.0 Å². The number of thiazole rings is 1. The van der Waals surface area contributed by atoms with Crippen molar-refractivity contribution in [2.45, 2.75) is 11.7 Å². The molecule has 1 N–H and O–H groups in total. The zero-order valence-electron chi connectivity index (χ0n) is 15.2. The maximum Gasteiger partial charge on any atom is 0.236 e. The maximum absolute atomic E-state index is 12.4. The van der Waals surface area contributed by atoms with Crippen LogP contribution >= 0.6 is 39.0 Å². The molecule has 2 aromatic heterocycles. The molecule has 0 radical (unpaired) electrons. The molecule has 6 nitrogen and oxygen atoms in total. The zero-order chi connectivity index (χ0) is 20.2. The molecule has 9 heteroatoms. The number of benzene rings is 2. The topological polar surface area (TPSA) is 72.7 Å². The van der Waals surface area contributed by atoms with Crippen molar-refractivity contribution in [2.75, 3.05) is 11.1 Å². The summed E-state index contributed by atoms with van der Waals surface area (Å²) in [6.07, 6.45) is 1.79. The van der Waals surface area contributed by atoms with E-state index in [0.717, 1.165) is 26.1 Å². The van der Waals surface area contributed by atoms with Gasteiger partial charge in [-0.2, -0.15) is 0 Å². The van der Waals surface area contributed by atoms with E-state index in [4.69, 9.17) is 0 Å². The summed E-state index contributed by atoms with van der Waals surface area (Å²) in [5.41, 5.74) is 1.83. The lowest BCUT2D eigenvalue weighted by atomic mass is 10.2. The lowest BCUT2D eigenvalue weighted by Crippen LogP contribution is -2.14. The van der Waals surface area contributed by atoms with Crippen molar-refractivity contribution < 1.29 is 4.79 Å². The smallest absolute Gasteiger partial charge is 0.236 e. The molecular formula is C20H16BrN5OS2. The second-order valence-corrected chi connectivity index (χ2v) is 8.92. The molecule has 146 valence electrons. The molecule has 0 spiro atoms. The Balaban J connectivity index is 1.46. The van der Waals surface area contributed by atoms with Crippen LogP contribution in [0.3, 0.4) is 0 Å². The number of allylic oxidation sites excluding steroid dienone is 1. The Hall–Kier alpha value is -2.49. The van der Waals surface area contributed by atoms with Crippen LogP contribution < -0.4 is 5.32 Å². The number of amides is 1. The van der Waals surface area contributed by atoms with E-state index >= 15 is 0 Å². The molecule has 0 aliphatic heterocycles. The van der Waals surface area contributed by atoms with Crippen LogP contribution in [0.2, 0.25) is 0 Å². The number of carbonyl (C=O) groups excluding carboxylic acids is 1. The lowest BCUT2D eigenvalue weighted by molar-refractivity contribution is -0.113. The van der Waals surface area contributed by atoms with Crippen LogP contribution in [0.5, 0.6) is 0 Å². The van der Waals surface area contributed by atoms with E-state index < -0.39 is 0 Å². The molecule has 0 atom stereocenters. The van der Waals surface area contributed by atoms with Crippen LogP contribution in [0.25, 0.3) is 21.6 Å². The number of anilines is 1. The molecule has 4 rings (SSSR count). The van der Waals surface area contributed by atoms with Gasteiger partial charge in [-0.15, -0.1) is 16.8 Å². The standard InChI is InChI=1S/C20H16BrN5OS2/c1-2-11-26-18(13-7-9-14(21)10-8-13)24-25-20(26)28-12-17(27)23-19-22-15-5-3-4-6-16(15)29-19/h2-10H,1,11-12H2,(H,22,23,27). The van der Waals surface area contributed by atoms with E-state index in [1.165, 1.54) is 23.1 Å². The molecule has 0 saturated carbocycles. The number of nitrogens with zero attached hydrogens (tertiary/aromatic N) is 4. The summed E-state index contributed by atoms with van der Waals surface area (Å²) in [5, 5.41) is 12.7. The Bertz CT molecular complexity index is 1140. The fraction of sp³-hybridized carbons (Fsp3) is 0.100. The van der Waals surface area contributed by atoms with Gasteiger partial charge in [0.05, 0.1) is 16.0 Å². The first kappa shape index (κ1) is 19.8. The minimum atomic E-state index is -0.132. The van der Waals surface area contributed by atoms with E-state index in [1.54, 1.807) is 6.08 Å². The molecule has 1 amide bonds. The second kappa shape index (κ2) is 8.89. The highest BCUT2D eigenvalue weighted by molar-refractivity contribution is 9.10. The number of fused-ring (bicyclic) bond motifs is 1. The van der Waals surface area contributed by atoms with Gasteiger partial charge in [0, 0.05) is 16.6 Å². The van der Waals surface area contributed by atoms with Gasteiger partial charge in [-0.1, -0.05) is 69.4 Å². The molecule has 0 bridgehead atoms. The van der Waals surface area contributed by atoms with Crippen LogP contribution in [-0.4, -0.2) is 31.4 Å². The van der Waals surface area contributed by atoms with Gasteiger partial charge in [-0.3, -0.25) is 9.36 Å². The Labute approximate surface area is 184 Å². The number of nitrogens with one attached hydrogen (secondary N) is 1. The molecule has 2 heterocycles. The first-order valence-corrected chi connectivity index (χ1v) is 11.3. The third-order valence-corrected chi connectivity index (χ3v) is 6.45. The molecule has 0 saturated heterocycles. The number of carbonyl (C=O) groups is 1. The Morgan fingerprint density at radius 2 is 2.00 bits per heavy atom. The number of hydrogen-bond donors (Lipinski definition) is 1. The zero-order valence-corrected chi connectivity index (χ0v) is 18.4. The molecule has 0 unspecified atom stereocenters.